The molecule has 0 unspecified atom stereocenters. The number of aryl methyl sites for hydroxylation is 1. The van der Waals surface area contributed by atoms with Crippen molar-refractivity contribution in [3.05, 3.63) is 29.8 Å². The van der Waals surface area contributed by atoms with Gasteiger partial charge in [0.15, 0.2) is 0 Å². The van der Waals surface area contributed by atoms with Gasteiger partial charge in [-0.1, -0.05) is 19.1 Å². The number of hydrogen-bond donors (Lipinski definition) is 0. The van der Waals surface area contributed by atoms with Crippen molar-refractivity contribution in [1.82, 2.24) is 0 Å². The molecule has 0 amide bonds. The third-order valence-electron chi connectivity index (χ3n) is 2.63. The van der Waals surface area contributed by atoms with E-state index in [1.807, 2.05) is 12.1 Å². The maximum atomic E-state index is 5.56. The molecule has 0 bridgehead atoms. The standard InChI is InChI=1S/C15H24O4/c1-3-14-4-6-15(7-5-14)19-13-12-18-11-10-17-9-8-16-2/h4-7H,3,8-13H2,1-2H3. The number of hydrogen-bond acceptors (Lipinski definition) is 4. The Morgan fingerprint density at radius 1 is 0.789 bits per heavy atom. The molecule has 19 heavy (non-hydrogen) atoms. The fourth-order valence-electron chi connectivity index (χ4n) is 1.50. The molecule has 0 spiro atoms. The van der Waals surface area contributed by atoms with Crippen LogP contribution in [0.1, 0.15) is 12.5 Å². The first-order chi connectivity index (χ1) is 9.36. The van der Waals surface area contributed by atoms with Gasteiger partial charge in [-0.05, 0) is 24.1 Å². The van der Waals surface area contributed by atoms with Gasteiger partial charge in [0.1, 0.15) is 12.4 Å². The third kappa shape index (κ3) is 7.82. The normalized spacial score (nSPS) is 10.6. The number of benzene rings is 1. The smallest absolute Gasteiger partial charge is 0.119 e. The van der Waals surface area contributed by atoms with Gasteiger partial charge in [-0.3, -0.25) is 0 Å². The molecule has 0 aliphatic carbocycles. The van der Waals surface area contributed by atoms with Crippen molar-refractivity contribution < 1.29 is 18.9 Å². The molecule has 0 aromatic heterocycles. The molecule has 0 heterocycles. The summed E-state index contributed by atoms with van der Waals surface area (Å²) in [6, 6.07) is 8.15. The van der Waals surface area contributed by atoms with Gasteiger partial charge in [-0.2, -0.15) is 0 Å². The van der Waals surface area contributed by atoms with Crippen molar-refractivity contribution in [1.29, 1.82) is 0 Å². The van der Waals surface area contributed by atoms with E-state index < -0.39 is 0 Å². The van der Waals surface area contributed by atoms with Crippen LogP contribution in [0.25, 0.3) is 0 Å². The van der Waals surface area contributed by atoms with Crippen molar-refractivity contribution in [2.24, 2.45) is 0 Å². The van der Waals surface area contributed by atoms with Crippen LogP contribution >= 0.6 is 0 Å². The molecule has 108 valence electrons. The Bertz CT molecular complexity index is 310. The minimum Gasteiger partial charge on any atom is -0.491 e. The first kappa shape index (κ1) is 16.0. The molecule has 1 aromatic rings. The van der Waals surface area contributed by atoms with Crippen LogP contribution in [0.15, 0.2) is 24.3 Å². The SMILES string of the molecule is CCc1ccc(OCCOCCOCCOC)cc1. The third-order valence-corrected chi connectivity index (χ3v) is 2.63. The van der Waals surface area contributed by atoms with Gasteiger partial charge in [0, 0.05) is 7.11 Å². The van der Waals surface area contributed by atoms with E-state index >= 15 is 0 Å². The van der Waals surface area contributed by atoms with E-state index in [9.17, 15) is 0 Å². The highest BCUT2D eigenvalue weighted by Gasteiger charge is 1.95. The molecule has 4 heteroatoms. The zero-order valence-corrected chi connectivity index (χ0v) is 11.9. The summed E-state index contributed by atoms with van der Waals surface area (Å²) in [6.45, 7) is 5.68. The van der Waals surface area contributed by atoms with Gasteiger partial charge in [-0.15, -0.1) is 0 Å². The van der Waals surface area contributed by atoms with E-state index in [4.69, 9.17) is 18.9 Å². The van der Waals surface area contributed by atoms with Crippen LogP contribution in [0.2, 0.25) is 0 Å². The lowest BCUT2D eigenvalue weighted by Crippen LogP contribution is -2.12. The molecule has 0 atom stereocenters. The van der Waals surface area contributed by atoms with Crippen LogP contribution in [-0.2, 0) is 20.6 Å². The summed E-state index contributed by atoms with van der Waals surface area (Å²) >= 11 is 0. The van der Waals surface area contributed by atoms with Crippen molar-refractivity contribution in [2.45, 2.75) is 13.3 Å². The molecule has 1 rings (SSSR count). The maximum absolute atomic E-state index is 5.56. The Hall–Kier alpha value is -1.10. The summed E-state index contributed by atoms with van der Waals surface area (Å²) in [4.78, 5) is 0. The van der Waals surface area contributed by atoms with E-state index in [0.717, 1.165) is 12.2 Å². The predicted octanol–water partition coefficient (Wildman–Crippen LogP) is 2.31. The summed E-state index contributed by atoms with van der Waals surface area (Å²) in [5.41, 5.74) is 1.32. The molecule has 0 saturated carbocycles. The summed E-state index contributed by atoms with van der Waals surface area (Å²) in [7, 11) is 1.66. The zero-order valence-electron chi connectivity index (χ0n) is 11.9. The molecule has 1 aromatic carbocycles. The van der Waals surface area contributed by atoms with Gasteiger partial charge in [-0.25, -0.2) is 0 Å². The Balaban J connectivity index is 1.95. The second kappa shape index (κ2) is 10.8. The van der Waals surface area contributed by atoms with Gasteiger partial charge < -0.3 is 18.9 Å². The molecular weight excluding hydrogens is 244 g/mol. The molecule has 0 fully saturated rings. The Morgan fingerprint density at radius 2 is 1.37 bits per heavy atom. The van der Waals surface area contributed by atoms with E-state index in [2.05, 4.69) is 19.1 Å². The van der Waals surface area contributed by atoms with Gasteiger partial charge in [0.2, 0.25) is 0 Å². The van der Waals surface area contributed by atoms with E-state index in [1.54, 1.807) is 7.11 Å². The van der Waals surface area contributed by atoms with Crippen molar-refractivity contribution in [3.63, 3.8) is 0 Å². The number of methoxy groups -OCH3 is 1. The second-order valence-electron chi connectivity index (χ2n) is 4.06. The topological polar surface area (TPSA) is 36.9 Å². The first-order valence-electron chi connectivity index (χ1n) is 6.73. The maximum Gasteiger partial charge on any atom is 0.119 e. The van der Waals surface area contributed by atoms with Crippen molar-refractivity contribution in [2.75, 3.05) is 46.8 Å². The number of ether oxygens (including phenoxy) is 4. The lowest BCUT2D eigenvalue weighted by molar-refractivity contribution is 0.0180. The Morgan fingerprint density at radius 3 is 1.95 bits per heavy atom. The quantitative estimate of drug-likeness (QED) is 0.577. The van der Waals surface area contributed by atoms with Crippen LogP contribution in [0.3, 0.4) is 0 Å². The summed E-state index contributed by atoms with van der Waals surface area (Å²) in [6.07, 6.45) is 1.05. The molecule has 0 N–H and O–H groups in total. The second-order valence-corrected chi connectivity index (χ2v) is 4.06. The largest absolute Gasteiger partial charge is 0.491 e. The Labute approximate surface area is 115 Å². The van der Waals surface area contributed by atoms with Crippen LogP contribution in [-0.4, -0.2) is 46.8 Å². The molecule has 4 nitrogen and oxygen atoms in total. The van der Waals surface area contributed by atoms with Gasteiger partial charge in [0.25, 0.3) is 0 Å². The highest BCUT2D eigenvalue weighted by Crippen LogP contribution is 2.12. The lowest BCUT2D eigenvalue weighted by Gasteiger charge is -2.08. The zero-order chi connectivity index (χ0) is 13.8. The molecular formula is C15H24O4. The van der Waals surface area contributed by atoms with Gasteiger partial charge in [0.05, 0.1) is 33.0 Å². The minimum absolute atomic E-state index is 0.559. The highest BCUT2D eigenvalue weighted by molar-refractivity contribution is 5.27. The predicted molar refractivity (Wildman–Crippen MR) is 74.8 cm³/mol. The fourth-order valence-corrected chi connectivity index (χ4v) is 1.50. The summed E-state index contributed by atoms with van der Waals surface area (Å²) in [5.74, 6) is 0.886. The minimum atomic E-state index is 0.559. The van der Waals surface area contributed by atoms with E-state index in [0.29, 0.717) is 39.6 Å². The summed E-state index contributed by atoms with van der Waals surface area (Å²) in [5, 5.41) is 0. The van der Waals surface area contributed by atoms with Crippen LogP contribution < -0.4 is 4.74 Å². The van der Waals surface area contributed by atoms with Crippen molar-refractivity contribution in [3.8, 4) is 5.75 Å². The molecule has 0 radical (unpaired) electrons. The average Bonchev–Trinajstić information content (AvgIpc) is 2.46. The molecule has 0 aliphatic heterocycles. The van der Waals surface area contributed by atoms with Crippen LogP contribution in [0.4, 0.5) is 0 Å². The fraction of sp³-hybridized carbons (Fsp3) is 0.600. The van der Waals surface area contributed by atoms with E-state index in [-0.39, 0.29) is 0 Å². The highest BCUT2D eigenvalue weighted by atomic mass is 16.6. The monoisotopic (exact) mass is 268 g/mol. The number of rotatable bonds is 11. The Kier molecular flexibility index (Phi) is 9.06. The molecule has 0 aliphatic rings. The molecule has 0 saturated heterocycles. The van der Waals surface area contributed by atoms with Crippen molar-refractivity contribution >= 4 is 0 Å². The first-order valence-corrected chi connectivity index (χ1v) is 6.73. The van der Waals surface area contributed by atoms with Gasteiger partial charge >= 0.3 is 0 Å². The van der Waals surface area contributed by atoms with E-state index in [1.165, 1.54) is 5.56 Å². The lowest BCUT2D eigenvalue weighted by atomic mass is 10.2. The summed E-state index contributed by atoms with van der Waals surface area (Å²) < 4.78 is 21.1. The van der Waals surface area contributed by atoms with Crippen LogP contribution in [0, 0.1) is 0 Å². The van der Waals surface area contributed by atoms with Crippen LogP contribution in [0.5, 0.6) is 5.75 Å². The average molecular weight is 268 g/mol.